The number of amides is 1. The van der Waals surface area contributed by atoms with Gasteiger partial charge in [0.05, 0.1) is 5.69 Å². The molecule has 1 saturated heterocycles. The maximum absolute atomic E-state index is 12.2. The molecule has 0 radical (unpaired) electrons. The molecular formula is C15H25N3O2. The van der Waals surface area contributed by atoms with E-state index >= 15 is 0 Å². The topological polar surface area (TPSA) is 58.4 Å². The van der Waals surface area contributed by atoms with Crippen LogP contribution in [-0.2, 0) is 11.2 Å². The van der Waals surface area contributed by atoms with Crippen molar-refractivity contribution in [3.63, 3.8) is 0 Å². The van der Waals surface area contributed by atoms with Crippen LogP contribution in [0.15, 0.2) is 4.52 Å². The number of piperidine rings is 1. The largest absolute Gasteiger partial charge is 0.338 e. The average Bonchev–Trinajstić information content (AvgIpc) is 2.80. The third-order valence-corrected chi connectivity index (χ3v) is 4.02. The fraction of sp³-hybridized carbons (Fsp3) is 0.733. The summed E-state index contributed by atoms with van der Waals surface area (Å²) in [5.41, 5.74) is 1.84. The van der Waals surface area contributed by atoms with Gasteiger partial charge in [-0.2, -0.15) is 0 Å². The highest BCUT2D eigenvalue weighted by molar-refractivity contribution is 5.91. The number of nitrogens with one attached hydrogen (secondary N) is 1. The summed E-state index contributed by atoms with van der Waals surface area (Å²) >= 11 is 0. The minimum Gasteiger partial charge on any atom is -0.338 e. The Labute approximate surface area is 120 Å². The molecule has 112 valence electrons. The van der Waals surface area contributed by atoms with Crippen molar-refractivity contribution >= 4 is 11.8 Å². The number of anilines is 1. The van der Waals surface area contributed by atoms with Crippen LogP contribution in [0, 0.1) is 12.8 Å². The molecule has 0 aromatic carbocycles. The van der Waals surface area contributed by atoms with Crippen LogP contribution in [-0.4, -0.2) is 35.6 Å². The first kappa shape index (κ1) is 15.0. The molecule has 1 aromatic rings. The lowest BCUT2D eigenvalue weighted by atomic mass is 10.1. The van der Waals surface area contributed by atoms with Crippen molar-refractivity contribution in [2.24, 2.45) is 5.92 Å². The van der Waals surface area contributed by atoms with E-state index in [1.807, 2.05) is 20.8 Å². The molecule has 1 fully saturated rings. The van der Waals surface area contributed by atoms with E-state index in [-0.39, 0.29) is 11.8 Å². The zero-order valence-electron chi connectivity index (χ0n) is 12.7. The molecule has 1 N–H and O–H groups in total. The van der Waals surface area contributed by atoms with Gasteiger partial charge in [-0.25, -0.2) is 0 Å². The van der Waals surface area contributed by atoms with Gasteiger partial charge >= 0.3 is 0 Å². The number of aryl methyl sites for hydroxylation is 1. The van der Waals surface area contributed by atoms with Crippen molar-refractivity contribution in [2.75, 3.05) is 25.0 Å². The number of hydrogen-bond donors (Lipinski definition) is 1. The standard InChI is InChI=1S/C15H25N3O2/c1-4-13-12(3)15(20-17-13)16-14(19)11(2)10-18-8-6-5-7-9-18/h11H,4-10H2,1-3H3,(H,16,19). The monoisotopic (exact) mass is 279 g/mol. The van der Waals surface area contributed by atoms with Crippen LogP contribution >= 0.6 is 0 Å². The molecule has 1 unspecified atom stereocenters. The van der Waals surface area contributed by atoms with Crippen LogP contribution in [0.1, 0.15) is 44.4 Å². The summed E-state index contributed by atoms with van der Waals surface area (Å²) < 4.78 is 5.20. The van der Waals surface area contributed by atoms with Gasteiger partial charge in [0, 0.05) is 18.0 Å². The Balaban J connectivity index is 1.88. The van der Waals surface area contributed by atoms with Crippen LogP contribution in [0.25, 0.3) is 0 Å². The Morgan fingerprint density at radius 1 is 1.40 bits per heavy atom. The van der Waals surface area contributed by atoms with Crippen LogP contribution in [0.3, 0.4) is 0 Å². The summed E-state index contributed by atoms with van der Waals surface area (Å²) in [6.07, 6.45) is 4.62. The molecular weight excluding hydrogens is 254 g/mol. The molecule has 0 saturated carbocycles. The van der Waals surface area contributed by atoms with Gasteiger partial charge in [-0.05, 0) is 39.3 Å². The van der Waals surface area contributed by atoms with E-state index in [1.54, 1.807) is 0 Å². The highest BCUT2D eigenvalue weighted by Crippen LogP contribution is 2.20. The zero-order chi connectivity index (χ0) is 14.5. The summed E-state index contributed by atoms with van der Waals surface area (Å²) in [6.45, 7) is 8.96. The van der Waals surface area contributed by atoms with E-state index < -0.39 is 0 Å². The number of nitrogens with zero attached hydrogens (tertiary/aromatic N) is 2. The van der Waals surface area contributed by atoms with E-state index in [2.05, 4.69) is 15.4 Å². The van der Waals surface area contributed by atoms with Gasteiger partial charge in [0.15, 0.2) is 0 Å². The second kappa shape index (κ2) is 6.88. The Kier molecular flexibility index (Phi) is 5.17. The van der Waals surface area contributed by atoms with E-state index in [0.717, 1.165) is 37.3 Å². The molecule has 5 heteroatoms. The molecule has 0 aliphatic carbocycles. The van der Waals surface area contributed by atoms with Gasteiger partial charge in [-0.3, -0.25) is 10.1 Å². The predicted octanol–water partition coefficient (Wildman–Crippen LogP) is 2.61. The second-order valence-corrected chi connectivity index (χ2v) is 5.69. The molecule has 0 spiro atoms. The van der Waals surface area contributed by atoms with Crippen molar-refractivity contribution < 1.29 is 9.32 Å². The van der Waals surface area contributed by atoms with Crippen LogP contribution in [0.5, 0.6) is 0 Å². The van der Waals surface area contributed by atoms with Gasteiger partial charge in [-0.1, -0.05) is 25.4 Å². The van der Waals surface area contributed by atoms with Gasteiger partial charge in [-0.15, -0.1) is 0 Å². The number of hydrogen-bond acceptors (Lipinski definition) is 4. The Bertz CT molecular complexity index is 450. The van der Waals surface area contributed by atoms with E-state index in [9.17, 15) is 4.79 Å². The quantitative estimate of drug-likeness (QED) is 0.900. The van der Waals surface area contributed by atoms with Crippen molar-refractivity contribution in [1.29, 1.82) is 0 Å². The minimum atomic E-state index is -0.0392. The van der Waals surface area contributed by atoms with Crippen LogP contribution in [0.2, 0.25) is 0 Å². The Morgan fingerprint density at radius 3 is 2.70 bits per heavy atom. The highest BCUT2D eigenvalue weighted by atomic mass is 16.5. The lowest BCUT2D eigenvalue weighted by Gasteiger charge is -2.28. The summed E-state index contributed by atoms with van der Waals surface area (Å²) in [5, 5.41) is 6.82. The molecule has 1 aromatic heterocycles. The maximum Gasteiger partial charge on any atom is 0.234 e. The predicted molar refractivity (Wildman–Crippen MR) is 78.7 cm³/mol. The molecule has 0 bridgehead atoms. The molecule has 20 heavy (non-hydrogen) atoms. The molecule has 1 aliphatic heterocycles. The molecule has 2 rings (SSSR count). The fourth-order valence-electron chi connectivity index (χ4n) is 2.66. The first-order valence-corrected chi connectivity index (χ1v) is 7.60. The Hall–Kier alpha value is -1.36. The van der Waals surface area contributed by atoms with Crippen molar-refractivity contribution in [3.8, 4) is 0 Å². The second-order valence-electron chi connectivity index (χ2n) is 5.69. The Morgan fingerprint density at radius 2 is 2.10 bits per heavy atom. The third-order valence-electron chi connectivity index (χ3n) is 4.02. The zero-order valence-corrected chi connectivity index (χ0v) is 12.7. The van der Waals surface area contributed by atoms with E-state index in [1.165, 1.54) is 19.3 Å². The smallest absolute Gasteiger partial charge is 0.234 e. The van der Waals surface area contributed by atoms with E-state index in [4.69, 9.17) is 4.52 Å². The van der Waals surface area contributed by atoms with Gasteiger partial charge < -0.3 is 9.42 Å². The molecule has 1 aliphatic rings. The molecule has 1 amide bonds. The first-order chi connectivity index (χ1) is 9.61. The summed E-state index contributed by atoms with van der Waals surface area (Å²) in [4.78, 5) is 14.6. The number of rotatable bonds is 5. The SMILES string of the molecule is CCc1noc(NC(=O)C(C)CN2CCCCC2)c1C. The normalized spacial score (nSPS) is 17.9. The third kappa shape index (κ3) is 3.60. The lowest BCUT2D eigenvalue weighted by molar-refractivity contribution is -0.120. The number of aromatic nitrogens is 1. The van der Waals surface area contributed by atoms with Gasteiger partial charge in [0.2, 0.25) is 11.8 Å². The van der Waals surface area contributed by atoms with E-state index in [0.29, 0.717) is 5.88 Å². The number of likely N-dealkylation sites (tertiary alicyclic amines) is 1. The van der Waals surface area contributed by atoms with Crippen molar-refractivity contribution in [1.82, 2.24) is 10.1 Å². The van der Waals surface area contributed by atoms with Crippen LogP contribution < -0.4 is 5.32 Å². The lowest BCUT2D eigenvalue weighted by Crippen LogP contribution is -2.37. The molecule has 5 nitrogen and oxygen atoms in total. The summed E-state index contributed by atoms with van der Waals surface area (Å²) in [5.74, 6) is 0.470. The summed E-state index contributed by atoms with van der Waals surface area (Å²) in [7, 11) is 0. The van der Waals surface area contributed by atoms with Gasteiger partial charge in [0.1, 0.15) is 0 Å². The number of carbonyl (C=O) groups excluding carboxylic acids is 1. The van der Waals surface area contributed by atoms with Gasteiger partial charge in [0.25, 0.3) is 0 Å². The highest BCUT2D eigenvalue weighted by Gasteiger charge is 2.21. The van der Waals surface area contributed by atoms with Crippen molar-refractivity contribution in [3.05, 3.63) is 11.3 Å². The molecule has 1 atom stereocenters. The van der Waals surface area contributed by atoms with Crippen molar-refractivity contribution in [2.45, 2.75) is 46.5 Å². The average molecular weight is 279 g/mol. The number of carbonyl (C=O) groups is 1. The maximum atomic E-state index is 12.2. The molecule has 2 heterocycles. The first-order valence-electron chi connectivity index (χ1n) is 7.60. The fourth-order valence-corrected chi connectivity index (χ4v) is 2.66. The van der Waals surface area contributed by atoms with Crippen LogP contribution in [0.4, 0.5) is 5.88 Å². The minimum absolute atomic E-state index is 0.0116. The summed E-state index contributed by atoms with van der Waals surface area (Å²) in [6, 6.07) is 0.